The molecule has 126 valence electrons. The average Bonchev–Trinajstić information content (AvgIpc) is 2.72. The molecule has 1 saturated heterocycles. The van der Waals surface area contributed by atoms with Gasteiger partial charge in [-0.1, -0.05) is 0 Å². The number of hydrogen-bond donors (Lipinski definition) is 0. The summed E-state index contributed by atoms with van der Waals surface area (Å²) in [6, 6.07) is 1.65. The molecule has 1 aliphatic heterocycles. The maximum atomic E-state index is 11.8. The second kappa shape index (κ2) is 7.36. The second-order valence-electron chi connectivity index (χ2n) is 5.96. The van der Waals surface area contributed by atoms with Crippen molar-refractivity contribution >= 4 is 17.4 Å². The highest BCUT2D eigenvalue weighted by atomic mass is 16.6. The van der Waals surface area contributed by atoms with Crippen LogP contribution < -0.4 is 4.90 Å². The van der Waals surface area contributed by atoms with E-state index in [1.165, 1.54) is 0 Å². The fraction of sp³-hybridized carbons (Fsp3) is 0.600. The van der Waals surface area contributed by atoms with Gasteiger partial charge in [0.05, 0.1) is 11.5 Å². The lowest BCUT2D eigenvalue weighted by molar-refractivity contribution is -0.384. The normalized spacial score (nSPS) is 16.0. The van der Waals surface area contributed by atoms with Crippen LogP contribution in [-0.2, 0) is 4.79 Å². The molecule has 0 aromatic carbocycles. The molecule has 0 spiro atoms. The van der Waals surface area contributed by atoms with Gasteiger partial charge in [-0.05, 0) is 19.4 Å². The number of carbonyl (C=O) groups excluding carboxylic acids is 1. The highest BCUT2D eigenvalue weighted by molar-refractivity contribution is 5.77. The van der Waals surface area contributed by atoms with Crippen molar-refractivity contribution in [1.29, 1.82) is 0 Å². The fourth-order valence-corrected chi connectivity index (χ4v) is 2.67. The van der Waals surface area contributed by atoms with Gasteiger partial charge >= 0.3 is 5.69 Å². The van der Waals surface area contributed by atoms with Crippen LogP contribution in [0, 0.1) is 17.0 Å². The number of pyridine rings is 1. The van der Waals surface area contributed by atoms with E-state index in [2.05, 4.69) is 9.88 Å². The number of nitro groups is 1. The Hall–Kier alpha value is -2.22. The first kappa shape index (κ1) is 17.1. The molecular weight excluding hydrogens is 298 g/mol. The zero-order valence-corrected chi connectivity index (χ0v) is 13.9. The van der Waals surface area contributed by atoms with E-state index < -0.39 is 0 Å². The third-order valence-electron chi connectivity index (χ3n) is 4.03. The SMILES string of the molecule is Cc1ccnc(N2CCCN(CC(=O)N(C)C)CC2)c1[N+](=O)[O-]. The molecule has 23 heavy (non-hydrogen) atoms. The molecule has 2 rings (SSSR count). The minimum absolute atomic E-state index is 0.0677. The number of aromatic nitrogens is 1. The van der Waals surface area contributed by atoms with Crippen molar-refractivity contribution in [1.82, 2.24) is 14.8 Å². The van der Waals surface area contributed by atoms with E-state index in [0.29, 0.717) is 37.6 Å². The van der Waals surface area contributed by atoms with Gasteiger partial charge in [-0.2, -0.15) is 0 Å². The van der Waals surface area contributed by atoms with Crippen LogP contribution in [0.2, 0.25) is 0 Å². The van der Waals surface area contributed by atoms with Crippen molar-refractivity contribution in [3.63, 3.8) is 0 Å². The van der Waals surface area contributed by atoms with E-state index in [4.69, 9.17) is 0 Å². The van der Waals surface area contributed by atoms with Crippen LogP contribution in [0.4, 0.5) is 11.5 Å². The van der Waals surface area contributed by atoms with E-state index in [-0.39, 0.29) is 16.5 Å². The third-order valence-corrected chi connectivity index (χ3v) is 4.03. The third kappa shape index (κ3) is 4.16. The molecule has 0 unspecified atom stereocenters. The summed E-state index contributed by atoms with van der Waals surface area (Å²) in [5.41, 5.74) is 0.689. The molecule has 8 nitrogen and oxygen atoms in total. The van der Waals surface area contributed by atoms with E-state index >= 15 is 0 Å². The Balaban J connectivity index is 2.11. The zero-order valence-electron chi connectivity index (χ0n) is 13.9. The Bertz CT molecular complexity index is 590. The van der Waals surface area contributed by atoms with Gasteiger partial charge in [0, 0.05) is 52.0 Å². The Labute approximate surface area is 135 Å². The molecular formula is C15H23N5O3. The van der Waals surface area contributed by atoms with Crippen molar-refractivity contribution in [2.24, 2.45) is 0 Å². The molecule has 2 heterocycles. The summed E-state index contributed by atoms with van der Waals surface area (Å²) >= 11 is 0. The predicted molar refractivity (Wildman–Crippen MR) is 87.6 cm³/mol. The average molecular weight is 321 g/mol. The summed E-state index contributed by atoms with van der Waals surface area (Å²) in [4.78, 5) is 32.6. The largest absolute Gasteiger partial charge is 0.350 e. The summed E-state index contributed by atoms with van der Waals surface area (Å²) in [5.74, 6) is 0.494. The van der Waals surface area contributed by atoms with E-state index in [1.807, 2.05) is 4.90 Å². The smallest absolute Gasteiger partial charge is 0.314 e. The van der Waals surface area contributed by atoms with E-state index in [9.17, 15) is 14.9 Å². The first-order valence-corrected chi connectivity index (χ1v) is 7.67. The first-order valence-electron chi connectivity index (χ1n) is 7.67. The second-order valence-corrected chi connectivity index (χ2v) is 5.96. The molecule has 0 saturated carbocycles. The van der Waals surface area contributed by atoms with Crippen molar-refractivity contribution in [3.8, 4) is 0 Å². The summed E-state index contributed by atoms with van der Waals surface area (Å²) in [5, 5.41) is 11.3. The standard InChI is InChI=1S/C15H23N5O3/c1-12-5-6-16-15(14(12)20(22)23)19-8-4-7-18(9-10-19)11-13(21)17(2)3/h5-6H,4,7-11H2,1-3H3. The van der Waals surface area contributed by atoms with Crippen LogP contribution in [0.1, 0.15) is 12.0 Å². The van der Waals surface area contributed by atoms with Crippen molar-refractivity contribution in [2.45, 2.75) is 13.3 Å². The highest BCUT2D eigenvalue weighted by Crippen LogP contribution is 2.29. The first-order chi connectivity index (χ1) is 10.9. The Morgan fingerprint density at radius 3 is 2.74 bits per heavy atom. The predicted octanol–water partition coefficient (Wildman–Crippen LogP) is 0.899. The van der Waals surface area contributed by atoms with Gasteiger partial charge in [0.15, 0.2) is 0 Å². The Morgan fingerprint density at radius 1 is 1.35 bits per heavy atom. The number of carbonyl (C=O) groups is 1. The van der Waals surface area contributed by atoms with Gasteiger partial charge in [0.1, 0.15) is 0 Å². The minimum Gasteiger partial charge on any atom is -0.350 e. The number of rotatable bonds is 4. The molecule has 1 aromatic rings. The summed E-state index contributed by atoms with van der Waals surface area (Å²) in [6.07, 6.45) is 2.45. The van der Waals surface area contributed by atoms with Crippen molar-refractivity contribution in [2.75, 3.05) is 51.7 Å². The number of hydrogen-bond acceptors (Lipinski definition) is 6. The van der Waals surface area contributed by atoms with Crippen molar-refractivity contribution in [3.05, 3.63) is 27.9 Å². The molecule has 1 aliphatic rings. The quantitative estimate of drug-likeness (QED) is 0.605. The van der Waals surface area contributed by atoms with Crippen LogP contribution in [-0.4, -0.2) is 72.4 Å². The number of likely N-dealkylation sites (N-methyl/N-ethyl adjacent to an activating group) is 1. The van der Waals surface area contributed by atoms with E-state index in [0.717, 1.165) is 13.0 Å². The highest BCUT2D eigenvalue weighted by Gasteiger charge is 2.26. The number of amides is 1. The van der Waals surface area contributed by atoms with Crippen molar-refractivity contribution < 1.29 is 9.72 Å². The maximum Gasteiger partial charge on any atom is 0.314 e. The van der Waals surface area contributed by atoms with Gasteiger partial charge in [0.2, 0.25) is 11.7 Å². The monoisotopic (exact) mass is 321 g/mol. The maximum absolute atomic E-state index is 11.8. The lowest BCUT2D eigenvalue weighted by atomic mass is 10.2. The lowest BCUT2D eigenvalue weighted by Gasteiger charge is -2.23. The van der Waals surface area contributed by atoms with Crippen LogP contribution >= 0.6 is 0 Å². The minimum atomic E-state index is -0.365. The van der Waals surface area contributed by atoms with Gasteiger partial charge in [-0.25, -0.2) is 4.98 Å². The van der Waals surface area contributed by atoms with Crippen LogP contribution in [0.25, 0.3) is 0 Å². The van der Waals surface area contributed by atoms with Crippen LogP contribution in [0.15, 0.2) is 12.3 Å². The number of aryl methyl sites for hydroxylation is 1. The number of nitrogens with zero attached hydrogens (tertiary/aromatic N) is 5. The Kier molecular flexibility index (Phi) is 5.49. The van der Waals surface area contributed by atoms with Gasteiger partial charge < -0.3 is 9.80 Å². The molecule has 0 aliphatic carbocycles. The summed E-state index contributed by atoms with van der Waals surface area (Å²) < 4.78 is 0. The Morgan fingerprint density at radius 2 is 2.09 bits per heavy atom. The fourth-order valence-electron chi connectivity index (χ4n) is 2.67. The lowest BCUT2D eigenvalue weighted by Crippen LogP contribution is -2.38. The van der Waals surface area contributed by atoms with Crippen LogP contribution in [0.3, 0.4) is 0 Å². The van der Waals surface area contributed by atoms with Gasteiger partial charge in [-0.3, -0.25) is 19.8 Å². The van der Waals surface area contributed by atoms with E-state index in [1.54, 1.807) is 38.2 Å². The van der Waals surface area contributed by atoms with Crippen LogP contribution in [0.5, 0.6) is 0 Å². The molecule has 0 atom stereocenters. The molecule has 1 aromatic heterocycles. The molecule has 1 fully saturated rings. The molecule has 1 amide bonds. The molecule has 0 N–H and O–H groups in total. The summed E-state index contributed by atoms with van der Waals surface area (Å²) in [6.45, 7) is 4.91. The topological polar surface area (TPSA) is 82.8 Å². The molecule has 0 radical (unpaired) electrons. The number of anilines is 1. The zero-order chi connectivity index (χ0) is 17.0. The summed E-state index contributed by atoms with van der Waals surface area (Å²) in [7, 11) is 3.49. The van der Waals surface area contributed by atoms with Gasteiger partial charge in [0.25, 0.3) is 0 Å². The molecule has 8 heteroatoms. The van der Waals surface area contributed by atoms with Gasteiger partial charge in [-0.15, -0.1) is 0 Å². The molecule has 0 bridgehead atoms.